The van der Waals surface area contributed by atoms with Gasteiger partial charge in [0, 0.05) is 5.69 Å². The molecule has 0 aliphatic carbocycles. The third-order valence-corrected chi connectivity index (χ3v) is 4.30. The van der Waals surface area contributed by atoms with Crippen molar-refractivity contribution in [3.63, 3.8) is 0 Å². The first kappa shape index (κ1) is 16.2. The molecular weight excluding hydrogens is 304 g/mol. The van der Waals surface area contributed by atoms with Gasteiger partial charge in [-0.15, -0.1) is 0 Å². The van der Waals surface area contributed by atoms with Crippen molar-refractivity contribution >= 4 is 17.6 Å². The van der Waals surface area contributed by atoms with Gasteiger partial charge in [-0.25, -0.2) is 4.79 Å². The molecule has 2 unspecified atom stereocenters. The first-order valence-corrected chi connectivity index (χ1v) is 7.93. The highest BCUT2D eigenvalue weighted by Gasteiger charge is 2.43. The summed E-state index contributed by atoms with van der Waals surface area (Å²) >= 11 is 0. The van der Waals surface area contributed by atoms with Gasteiger partial charge in [-0.3, -0.25) is 14.6 Å². The van der Waals surface area contributed by atoms with E-state index in [0.29, 0.717) is 11.3 Å². The largest absolute Gasteiger partial charge is 0.387 e. The Morgan fingerprint density at radius 2 is 1.67 bits per heavy atom. The van der Waals surface area contributed by atoms with Crippen LogP contribution in [0.1, 0.15) is 24.2 Å². The molecule has 5 nitrogen and oxygen atoms in total. The van der Waals surface area contributed by atoms with Crippen molar-refractivity contribution in [3.8, 4) is 0 Å². The molecule has 5 heteroatoms. The number of benzene rings is 2. The number of nitrogens with zero attached hydrogens (tertiary/aromatic N) is 2. The average molecular weight is 324 g/mol. The molecule has 1 fully saturated rings. The Morgan fingerprint density at radius 1 is 1.04 bits per heavy atom. The van der Waals surface area contributed by atoms with Crippen LogP contribution in [0.2, 0.25) is 0 Å². The number of β-amino-alcohol motifs (C(OH)–C–C–N with tert-alkyl or cyclic N) is 1. The fourth-order valence-electron chi connectivity index (χ4n) is 2.89. The van der Waals surface area contributed by atoms with Gasteiger partial charge in [0.2, 0.25) is 0 Å². The number of aryl methyl sites for hydroxylation is 1. The molecule has 0 saturated carbocycles. The van der Waals surface area contributed by atoms with Crippen LogP contribution < -0.4 is 4.90 Å². The summed E-state index contributed by atoms with van der Waals surface area (Å²) in [5.41, 5.74) is 2.45. The molecule has 3 rings (SSSR count). The maximum absolute atomic E-state index is 12.7. The Labute approximate surface area is 141 Å². The normalized spacial score (nSPS) is 19.0. The number of carbonyl (C=O) groups is 2. The van der Waals surface area contributed by atoms with Crippen LogP contribution in [-0.4, -0.2) is 34.5 Å². The van der Waals surface area contributed by atoms with Crippen LogP contribution in [0.4, 0.5) is 10.5 Å². The van der Waals surface area contributed by atoms with Crippen LogP contribution in [0.5, 0.6) is 0 Å². The van der Waals surface area contributed by atoms with Crippen molar-refractivity contribution in [1.29, 1.82) is 0 Å². The molecule has 2 atom stereocenters. The number of anilines is 1. The molecule has 1 heterocycles. The van der Waals surface area contributed by atoms with Crippen LogP contribution in [-0.2, 0) is 4.79 Å². The Morgan fingerprint density at radius 3 is 2.29 bits per heavy atom. The quantitative estimate of drug-likeness (QED) is 0.880. The maximum Gasteiger partial charge on any atom is 0.332 e. The molecule has 0 radical (unpaired) electrons. The lowest BCUT2D eigenvalue weighted by molar-refractivity contribution is -0.127. The summed E-state index contributed by atoms with van der Waals surface area (Å²) < 4.78 is 0. The number of urea groups is 1. The van der Waals surface area contributed by atoms with Crippen molar-refractivity contribution in [2.24, 2.45) is 0 Å². The molecule has 24 heavy (non-hydrogen) atoms. The van der Waals surface area contributed by atoms with Gasteiger partial charge in [0.15, 0.2) is 0 Å². The maximum atomic E-state index is 12.7. The minimum Gasteiger partial charge on any atom is -0.387 e. The zero-order chi connectivity index (χ0) is 17.3. The van der Waals surface area contributed by atoms with E-state index in [9.17, 15) is 14.7 Å². The van der Waals surface area contributed by atoms with Gasteiger partial charge in [-0.05, 0) is 31.5 Å². The SMILES string of the molecule is Cc1ccc(N2C(=O)N(CC(O)c3ccccc3)C(=O)C2C)cc1. The van der Waals surface area contributed by atoms with E-state index in [1.165, 1.54) is 4.90 Å². The van der Waals surface area contributed by atoms with E-state index in [2.05, 4.69) is 0 Å². The van der Waals surface area contributed by atoms with Crippen molar-refractivity contribution in [3.05, 3.63) is 65.7 Å². The molecule has 0 aromatic heterocycles. The highest BCUT2D eigenvalue weighted by Crippen LogP contribution is 2.27. The zero-order valence-corrected chi connectivity index (χ0v) is 13.7. The zero-order valence-electron chi connectivity index (χ0n) is 13.7. The van der Waals surface area contributed by atoms with Gasteiger partial charge in [-0.2, -0.15) is 0 Å². The third-order valence-electron chi connectivity index (χ3n) is 4.30. The molecule has 0 bridgehead atoms. The van der Waals surface area contributed by atoms with Gasteiger partial charge in [0.05, 0.1) is 12.6 Å². The van der Waals surface area contributed by atoms with Gasteiger partial charge >= 0.3 is 6.03 Å². The average Bonchev–Trinajstić information content (AvgIpc) is 2.80. The summed E-state index contributed by atoms with van der Waals surface area (Å²) in [6.45, 7) is 3.62. The summed E-state index contributed by atoms with van der Waals surface area (Å²) in [5.74, 6) is -0.296. The molecule has 2 aromatic carbocycles. The summed E-state index contributed by atoms with van der Waals surface area (Å²) in [6.07, 6.45) is -0.899. The van der Waals surface area contributed by atoms with Crippen LogP contribution in [0.25, 0.3) is 0 Å². The Kier molecular flexibility index (Phi) is 4.36. The lowest BCUT2D eigenvalue weighted by atomic mass is 10.1. The summed E-state index contributed by atoms with van der Waals surface area (Å²) in [5, 5.41) is 10.3. The second-order valence-corrected chi connectivity index (χ2v) is 6.04. The topological polar surface area (TPSA) is 60.9 Å². The summed E-state index contributed by atoms with van der Waals surface area (Å²) in [4.78, 5) is 27.8. The number of aliphatic hydroxyl groups excluding tert-OH is 1. The third kappa shape index (κ3) is 2.90. The predicted octanol–water partition coefficient (Wildman–Crippen LogP) is 2.89. The Bertz CT molecular complexity index is 743. The molecule has 1 saturated heterocycles. The molecule has 1 aliphatic heterocycles. The molecule has 0 spiro atoms. The molecule has 1 aliphatic rings. The number of hydrogen-bond donors (Lipinski definition) is 1. The lowest BCUT2D eigenvalue weighted by Gasteiger charge is -2.21. The van der Waals surface area contributed by atoms with Crippen LogP contribution in [0, 0.1) is 6.92 Å². The predicted molar refractivity (Wildman–Crippen MR) is 91.6 cm³/mol. The van der Waals surface area contributed by atoms with E-state index in [1.54, 1.807) is 19.1 Å². The number of aliphatic hydroxyl groups is 1. The van der Waals surface area contributed by atoms with Gasteiger partial charge in [0.25, 0.3) is 5.91 Å². The summed E-state index contributed by atoms with van der Waals surface area (Å²) in [7, 11) is 0. The number of hydrogen-bond acceptors (Lipinski definition) is 3. The minimum atomic E-state index is -0.899. The molecule has 3 amide bonds. The van der Waals surface area contributed by atoms with E-state index in [0.717, 1.165) is 10.5 Å². The van der Waals surface area contributed by atoms with Crippen LogP contribution >= 0.6 is 0 Å². The highest BCUT2D eigenvalue weighted by molar-refractivity contribution is 6.14. The number of rotatable bonds is 4. The van der Waals surface area contributed by atoms with Crippen molar-refractivity contribution in [2.75, 3.05) is 11.4 Å². The monoisotopic (exact) mass is 324 g/mol. The van der Waals surface area contributed by atoms with E-state index in [4.69, 9.17) is 0 Å². The first-order valence-electron chi connectivity index (χ1n) is 7.93. The van der Waals surface area contributed by atoms with Crippen molar-refractivity contribution < 1.29 is 14.7 Å². The van der Waals surface area contributed by atoms with Crippen molar-refractivity contribution in [2.45, 2.75) is 26.0 Å². The molecular formula is C19H20N2O3. The number of carbonyl (C=O) groups excluding carboxylic acids is 2. The van der Waals surface area contributed by atoms with Crippen molar-refractivity contribution in [1.82, 2.24) is 4.90 Å². The fourth-order valence-corrected chi connectivity index (χ4v) is 2.89. The Balaban J connectivity index is 1.81. The summed E-state index contributed by atoms with van der Waals surface area (Å²) in [6, 6.07) is 15.5. The van der Waals surface area contributed by atoms with Crippen LogP contribution in [0.15, 0.2) is 54.6 Å². The van der Waals surface area contributed by atoms with E-state index in [1.807, 2.05) is 49.4 Å². The minimum absolute atomic E-state index is 0.0472. The number of amides is 3. The van der Waals surface area contributed by atoms with E-state index in [-0.39, 0.29) is 12.5 Å². The molecule has 2 aromatic rings. The molecule has 124 valence electrons. The first-order chi connectivity index (χ1) is 11.5. The van der Waals surface area contributed by atoms with Crippen LogP contribution in [0.3, 0.4) is 0 Å². The second kappa shape index (κ2) is 6.45. The van der Waals surface area contributed by atoms with Gasteiger partial charge < -0.3 is 5.11 Å². The standard InChI is InChI=1S/C19H20N2O3/c1-13-8-10-16(11-9-13)21-14(2)18(23)20(19(21)24)12-17(22)15-6-4-3-5-7-15/h3-11,14,17,22H,12H2,1-2H3. The van der Waals surface area contributed by atoms with Gasteiger partial charge in [-0.1, -0.05) is 48.0 Å². The molecule has 1 N–H and O–H groups in total. The second-order valence-electron chi connectivity index (χ2n) is 6.04. The lowest BCUT2D eigenvalue weighted by Crippen LogP contribution is -2.36. The highest BCUT2D eigenvalue weighted by atomic mass is 16.3. The van der Waals surface area contributed by atoms with E-state index >= 15 is 0 Å². The van der Waals surface area contributed by atoms with E-state index < -0.39 is 18.2 Å². The number of imide groups is 1. The fraction of sp³-hybridized carbons (Fsp3) is 0.263. The smallest absolute Gasteiger partial charge is 0.332 e. The Hall–Kier alpha value is -2.66. The van der Waals surface area contributed by atoms with Gasteiger partial charge in [0.1, 0.15) is 6.04 Å².